The molecule has 0 unspecified atom stereocenters. The SMILES string of the molecule is COC(=O)CCc1csc(-c2ccc(Br)c(Br)c2)n1. The summed E-state index contributed by atoms with van der Waals surface area (Å²) >= 11 is 8.50. The van der Waals surface area contributed by atoms with E-state index in [0.29, 0.717) is 12.8 Å². The second kappa shape index (κ2) is 6.63. The van der Waals surface area contributed by atoms with Crippen molar-refractivity contribution in [2.75, 3.05) is 7.11 Å². The van der Waals surface area contributed by atoms with Gasteiger partial charge in [-0.05, 0) is 44.0 Å². The first kappa shape index (κ1) is 14.7. The number of rotatable bonds is 4. The number of aryl methyl sites for hydroxylation is 1. The monoisotopic (exact) mass is 403 g/mol. The molecule has 0 atom stereocenters. The highest BCUT2D eigenvalue weighted by molar-refractivity contribution is 9.13. The maximum atomic E-state index is 11.1. The van der Waals surface area contributed by atoms with Crippen molar-refractivity contribution in [2.24, 2.45) is 0 Å². The largest absolute Gasteiger partial charge is 0.469 e. The number of carbonyl (C=O) groups excluding carboxylic acids is 1. The van der Waals surface area contributed by atoms with Gasteiger partial charge in [-0.3, -0.25) is 4.79 Å². The molecular weight excluding hydrogens is 394 g/mol. The van der Waals surface area contributed by atoms with Crippen molar-refractivity contribution in [3.63, 3.8) is 0 Å². The molecule has 0 spiro atoms. The molecule has 2 aromatic rings. The van der Waals surface area contributed by atoms with E-state index in [0.717, 1.165) is 25.2 Å². The average Bonchev–Trinajstić information content (AvgIpc) is 2.88. The molecule has 0 radical (unpaired) electrons. The van der Waals surface area contributed by atoms with Gasteiger partial charge < -0.3 is 4.74 Å². The van der Waals surface area contributed by atoms with Crippen LogP contribution in [0.5, 0.6) is 0 Å². The molecular formula is C13H11Br2NO2S. The van der Waals surface area contributed by atoms with Crippen LogP contribution in [0.15, 0.2) is 32.5 Å². The first-order chi connectivity index (χ1) is 9.10. The van der Waals surface area contributed by atoms with E-state index in [-0.39, 0.29) is 5.97 Å². The van der Waals surface area contributed by atoms with Gasteiger partial charge in [-0.1, -0.05) is 6.07 Å². The molecule has 3 nitrogen and oxygen atoms in total. The van der Waals surface area contributed by atoms with Gasteiger partial charge in [0, 0.05) is 26.3 Å². The van der Waals surface area contributed by atoms with Crippen LogP contribution in [0.25, 0.3) is 10.6 Å². The van der Waals surface area contributed by atoms with E-state index >= 15 is 0 Å². The number of nitrogens with zero attached hydrogens (tertiary/aromatic N) is 1. The number of esters is 1. The van der Waals surface area contributed by atoms with Crippen molar-refractivity contribution in [2.45, 2.75) is 12.8 Å². The van der Waals surface area contributed by atoms with Crippen LogP contribution in [0.3, 0.4) is 0 Å². The summed E-state index contributed by atoms with van der Waals surface area (Å²) in [5.74, 6) is -0.207. The lowest BCUT2D eigenvalue weighted by atomic mass is 10.2. The summed E-state index contributed by atoms with van der Waals surface area (Å²) in [5.41, 5.74) is 1.98. The Balaban J connectivity index is 2.12. The second-order valence-corrected chi connectivity index (χ2v) is 6.42. The first-order valence-electron chi connectivity index (χ1n) is 5.57. The molecule has 1 aromatic heterocycles. The van der Waals surface area contributed by atoms with E-state index in [1.54, 1.807) is 11.3 Å². The molecule has 0 aliphatic heterocycles. The summed E-state index contributed by atoms with van der Waals surface area (Å²) in [5, 5.41) is 2.93. The standard InChI is InChI=1S/C13H11Br2NO2S/c1-18-12(17)5-3-9-7-19-13(16-9)8-2-4-10(14)11(15)6-8/h2,4,6-7H,3,5H2,1H3. The minimum absolute atomic E-state index is 0.207. The van der Waals surface area contributed by atoms with Gasteiger partial charge in [0.15, 0.2) is 0 Å². The van der Waals surface area contributed by atoms with E-state index in [9.17, 15) is 4.79 Å². The van der Waals surface area contributed by atoms with Gasteiger partial charge in [0.2, 0.25) is 0 Å². The van der Waals surface area contributed by atoms with Crippen LogP contribution in [-0.4, -0.2) is 18.1 Å². The number of methoxy groups -OCH3 is 1. The lowest BCUT2D eigenvalue weighted by Crippen LogP contribution is -2.01. The van der Waals surface area contributed by atoms with Crippen LogP contribution < -0.4 is 0 Å². The molecule has 100 valence electrons. The van der Waals surface area contributed by atoms with Gasteiger partial charge >= 0.3 is 5.97 Å². The molecule has 1 aromatic carbocycles. The zero-order chi connectivity index (χ0) is 13.8. The minimum Gasteiger partial charge on any atom is -0.469 e. The predicted molar refractivity (Wildman–Crippen MR) is 83.3 cm³/mol. The zero-order valence-corrected chi connectivity index (χ0v) is 14.1. The molecule has 0 bridgehead atoms. The summed E-state index contributed by atoms with van der Waals surface area (Å²) in [6.07, 6.45) is 0.977. The smallest absolute Gasteiger partial charge is 0.305 e. The zero-order valence-electron chi connectivity index (χ0n) is 10.2. The van der Waals surface area contributed by atoms with Crippen molar-refractivity contribution in [1.29, 1.82) is 0 Å². The molecule has 0 amide bonds. The van der Waals surface area contributed by atoms with Crippen molar-refractivity contribution in [1.82, 2.24) is 4.98 Å². The summed E-state index contributed by atoms with van der Waals surface area (Å²) in [6.45, 7) is 0. The number of thiazole rings is 1. The van der Waals surface area contributed by atoms with Crippen molar-refractivity contribution < 1.29 is 9.53 Å². The highest BCUT2D eigenvalue weighted by atomic mass is 79.9. The number of hydrogen-bond donors (Lipinski definition) is 0. The van der Waals surface area contributed by atoms with Crippen LogP contribution in [0.2, 0.25) is 0 Å². The van der Waals surface area contributed by atoms with Gasteiger partial charge in [0.05, 0.1) is 19.2 Å². The highest BCUT2D eigenvalue weighted by Gasteiger charge is 2.08. The molecule has 0 aliphatic carbocycles. The molecule has 0 saturated carbocycles. The molecule has 2 rings (SSSR count). The van der Waals surface area contributed by atoms with Crippen LogP contribution in [0.4, 0.5) is 0 Å². The maximum absolute atomic E-state index is 11.1. The van der Waals surface area contributed by atoms with Gasteiger partial charge in [0.25, 0.3) is 0 Å². The lowest BCUT2D eigenvalue weighted by Gasteiger charge is -2.00. The Morgan fingerprint density at radius 3 is 2.84 bits per heavy atom. The summed E-state index contributed by atoms with van der Waals surface area (Å²) in [7, 11) is 1.40. The Morgan fingerprint density at radius 1 is 1.37 bits per heavy atom. The lowest BCUT2D eigenvalue weighted by molar-refractivity contribution is -0.140. The van der Waals surface area contributed by atoms with Gasteiger partial charge in [-0.25, -0.2) is 4.98 Å². The van der Waals surface area contributed by atoms with Crippen LogP contribution in [-0.2, 0) is 16.0 Å². The normalized spacial score (nSPS) is 10.5. The first-order valence-corrected chi connectivity index (χ1v) is 8.03. The molecule has 0 aliphatic rings. The Bertz CT molecular complexity index is 598. The van der Waals surface area contributed by atoms with E-state index in [4.69, 9.17) is 0 Å². The summed E-state index contributed by atoms with van der Waals surface area (Å²) < 4.78 is 6.63. The number of carbonyl (C=O) groups is 1. The third kappa shape index (κ3) is 3.87. The van der Waals surface area contributed by atoms with Gasteiger partial charge in [-0.2, -0.15) is 0 Å². The minimum atomic E-state index is -0.207. The second-order valence-electron chi connectivity index (χ2n) is 3.85. The van der Waals surface area contributed by atoms with Crippen LogP contribution in [0, 0.1) is 0 Å². The molecule has 0 saturated heterocycles. The van der Waals surface area contributed by atoms with Gasteiger partial charge in [-0.15, -0.1) is 11.3 Å². The third-order valence-corrected chi connectivity index (χ3v) is 5.35. The summed E-state index contributed by atoms with van der Waals surface area (Å²) in [4.78, 5) is 15.6. The van der Waals surface area contributed by atoms with E-state index < -0.39 is 0 Å². The quantitative estimate of drug-likeness (QED) is 0.707. The third-order valence-electron chi connectivity index (χ3n) is 2.53. The highest BCUT2D eigenvalue weighted by Crippen LogP contribution is 2.30. The average molecular weight is 405 g/mol. The fourth-order valence-electron chi connectivity index (χ4n) is 1.52. The summed E-state index contributed by atoms with van der Waals surface area (Å²) in [6, 6.07) is 6.01. The Morgan fingerprint density at radius 2 is 2.16 bits per heavy atom. The predicted octanol–water partition coefficient (Wildman–Crippen LogP) is 4.44. The Hall–Kier alpha value is -0.720. The number of halogens is 2. The number of hydrogen-bond acceptors (Lipinski definition) is 4. The van der Waals surface area contributed by atoms with E-state index in [1.165, 1.54) is 7.11 Å². The molecule has 0 N–H and O–H groups in total. The van der Waals surface area contributed by atoms with Crippen LogP contribution in [0.1, 0.15) is 12.1 Å². The Labute approximate surface area is 132 Å². The number of benzene rings is 1. The van der Waals surface area contributed by atoms with E-state index in [1.807, 2.05) is 23.6 Å². The van der Waals surface area contributed by atoms with E-state index in [2.05, 4.69) is 41.6 Å². The molecule has 0 fully saturated rings. The number of aromatic nitrogens is 1. The number of ether oxygens (including phenoxy) is 1. The fourth-order valence-corrected chi connectivity index (χ4v) is 2.99. The van der Waals surface area contributed by atoms with Crippen LogP contribution >= 0.6 is 43.2 Å². The Kier molecular flexibility index (Phi) is 5.13. The van der Waals surface area contributed by atoms with Gasteiger partial charge in [0.1, 0.15) is 5.01 Å². The maximum Gasteiger partial charge on any atom is 0.305 e. The molecule has 6 heteroatoms. The van der Waals surface area contributed by atoms with Crippen molar-refractivity contribution >= 4 is 49.2 Å². The molecule has 1 heterocycles. The van der Waals surface area contributed by atoms with Crippen molar-refractivity contribution in [3.05, 3.63) is 38.2 Å². The molecule has 19 heavy (non-hydrogen) atoms. The fraction of sp³-hybridized carbons (Fsp3) is 0.231. The van der Waals surface area contributed by atoms with Crippen molar-refractivity contribution in [3.8, 4) is 10.6 Å². The topological polar surface area (TPSA) is 39.2 Å².